The fourth-order valence-corrected chi connectivity index (χ4v) is 4.80. The Bertz CT molecular complexity index is 1340. The van der Waals surface area contributed by atoms with Crippen molar-refractivity contribution in [3.05, 3.63) is 83.5 Å². The monoisotopic (exact) mass is 494 g/mol. The van der Waals surface area contributed by atoms with Crippen LogP contribution in [0.15, 0.2) is 77.1 Å². The summed E-state index contributed by atoms with van der Waals surface area (Å²) in [7, 11) is -3.79. The standard InChI is InChI=1S/C21H17F3N4O3S2/c22-21(23,24)19(29)17-13-32-20(26-17)28-12-15(18(27-28)14-7-3-1-4-8-14)11-25-33(30,31)16-9-5-2-6-10-16/h1-10,12-13,19,25,29H,11H2. The molecule has 0 bridgehead atoms. The van der Waals surface area contributed by atoms with E-state index >= 15 is 0 Å². The molecule has 0 aliphatic carbocycles. The zero-order valence-electron chi connectivity index (χ0n) is 16.8. The maximum Gasteiger partial charge on any atom is 0.420 e. The third kappa shape index (κ3) is 5.14. The van der Waals surface area contributed by atoms with Crippen molar-refractivity contribution in [2.24, 2.45) is 0 Å². The lowest BCUT2D eigenvalue weighted by Crippen LogP contribution is -2.23. The summed E-state index contributed by atoms with van der Waals surface area (Å²) in [6.07, 6.45) is -6.05. The number of halogens is 3. The van der Waals surface area contributed by atoms with Gasteiger partial charge in [0.05, 0.1) is 16.3 Å². The second-order valence-corrected chi connectivity index (χ2v) is 9.55. The fraction of sp³-hybridized carbons (Fsp3) is 0.143. The summed E-state index contributed by atoms with van der Waals surface area (Å²) in [4.78, 5) is 3.96. The second kappa shape index (κ2) is 9.06. The molecule has 0 amide bonds. The summed E-state index contributed by atoms with van der Waals surface area (Å²) in [6.45, 7) is -0.106. The Morgan fingerprint density at radius 2 is 1.70 bits per heavy atom. The van der Waals surface area contributed by atoms with Gasteiger partial charge in [-0.25, -0.2) is 22.8 Å². The van der Waals surface area contributed by atoms with E-state index in [-0.39, 0.29) is 16.6 Å². The zero-order chi connectivity index (χ0) is 23.6. The second-order valence-electron chi connectivity index (χ2n) is 6.95. The van der Waals surface area contributed by atoms with E-state index in [9.17, 15) is 26.7 Å². The lowest BCUT2D eigenvalue weighted by molar-refractivity contribution is -0.207. The molecular weight excluding hydrogens is 477 g/mol. The van der Waals surface area contributed by atoms with Gasteiger partial charge in [-0.3, -0.25) is 0 Å². The number of hydrogen-bond donors (Lipinski definition) is 2. The van der Waals surface area contributed by atoms with Gasteiger partial charge in [-0.15, -0.1) is 11.3 Å². The first-order valence-corrected chi connectivity index (χ1v) is 11.9. The van der Waals surface area contributed by atoms with E-state index in [0.717, 1.165) is 16.7 Å². The number of alkyl halides is 3. The minimum Gasteiger partial charge on any atom is -0.378 e. The van der Waals surface area contributed by atoms with Crippen LogP contribution in [0.5, 0.6) is 0 Å². The molecule has 2 aromatic carbocycles. The van der Waals surface area contributed by atoms with Crippen molar-refractivity contribution >= 4 is 21.4 Å². The molecule has 0 radical (unpaired) electrons. The SMILES string of the molecule is O=S(=O)(NCc1cn(-c2nc(C(O)C(F)(F)F)cs2)nc1-c1ccccc1)c1ccccc1. The minimum absolute atomic E-state index is 0.0997. The van der Waals surface area contributed by atoms with E-state index in [0.29, 0.717) is 16.8 Å². The van der Waals surface area contributed by atoms with Crippen molar-refractivity contribution in [2.75, 3.05) is 0 Å². The van der Waals surface area contributed by atoms with E-state index in [1.165, 1.54) is 23.0 Å². The van der Waals surface area contributed by atoms with Crippen LogP contribution in [0.25, 0.3) is 16.4 Å². The third-order valence-electron chi connectivity index (χ3n) is 4.64. The van der Waals surface area contributed by atoms with Crippen molar-refractivity contribution in [2.45, 2.75) is 23.7 Å². The molecule has 1 atom stereocenters. The molecule has 2 heterocycles. The molecule has 4 rings (SSSR count). The number of benzene rings is 2. The number of nitrogens with one attached hydrogen (secondary N) is 1. The molecule has 2 N–H and O–H groups in total. The van der Waals surface area contributed by atoms with Crippen molar-refractivity contribution in [1.82, 2.24) is 19.5 Å². The summed E-state index contributed by atoms with van der Waals surface area (Å²) in [6, 6.07) is 16.8. The molecular formula is C21H17F3N4O3S2. The van der Waals surface area contributed by atoms with Crippen LogP contribution in [0.4, 0.5) is 13.2 Å². The molecule has 172 valence electrons. The Morgan fingerprint density at radius 3 is 2.33 bits per heavy atom. The first kappa shape index (κ1) is 23.1. The average Bonchev–Trinajstić information content (AvgIpc) is 3.45. The number of aliphatic hydroxyl groups is 1. The molecule has 2 aromatic heterocycles. The molecule has 33 heavy (non-hydrogen) atoms. The van der Waals surface area contributed by atoms with Crippen molar-refractivity contribution in [1.29, 1.82) is 0 Å². The Labute approximate surface area is 191 Å². The van der Waals surface area contributed by atoms with Crippen molar-refractivity contribution in [3.8, 4) is 16.4 Å². The highest BCUT2D eigenvalue weighted by molar-refractivity contribution is 7.89. The first-order chi connectivity index (χ1) is 15.6. The largest absolute Gasteiger partial charge is 0.420 e. The molecule has 4 aromatic rings. The average molecular weight is 495 g/mol. The molecule has 1 unspecified atom stereocenters. The summed E-state index contributed by atoms with van der Waals surface area (Å²) < 4.78 is 67.5. The van der Waals surface area contributed by atoms with Gasteiger partial charge >= 0.3 is 6.18 Å². The zero-order valence-corrected chi connectivity index (χ0v) is 18.4. The highest BCUT2D eigenvalue weighted by Crippen LogP contribution is 2.34. The highest BCUT2D eigenvalue weighted by Gasteiger charge is 2.41. The molecule has 0 aliphatic rings. The molecule has 7 nitrogen and oxygen atoms in total. The van der Waals surface area contributed by atoms with Crippen LogP contribution < -0.4 is 4.72 Å². The number of aromatic nitrogens is 3. The van der Waals surface area contributed by atoms with E-state index < -0.39 is 28.0 Å². The van der Waals surface area contributed by atoms with Gasteiger partial charge in [-0.2, -0.15) is 18.3 Å². The Morgan fingerprint density at radius 1 is 1.06 bits per heavy atom. The van der Waals surface area contributed by atoms with Gasteiger partial charge in [-0.05, 0) is 12.1 Å². The number of hydrogen-bond acceptors (Lipinski definition) is 6. The fourth-order valence-electron chi connectivity index (χ4n) is 3.01. The minimum atomic E-state index is -4.84. The van der Waals surface area contributed by atoms with Gasteiger partial charge < -0.3 is 5.11 Å². The summed E-state index contributed by atoms with van der Waals surface area (Å²) in [5.41, 5.74) is 1.09. The predicted molar refractivity (Wildman–Crippen MR) is 116 cm³/mol. The molecule has 0 saturated carbocycles. The third-order valence-corrected chi connectivity index (χ3v) is 6.91. The van der Waals surface area contributed by atoms with Gasteiger partial charge in [0, 0.05) is 29.2 Å². The van der Waals surface area contributed by atoms with E-state index in [1.807, 2.05) is 6.07 Å². The maximum atomic E-state index is 12.8. The van der Waals surface area contributed by atoms with Crippen molar-refractivity contribution in [3.63, 3.8) is 0 Å². The van der Waals surface area contributed by atoms with E-state index in [1.54, 1.807) is 42.5 Å². The molecule has 0 saturated heterocycles. The van der Waals surface area contributed by atoms with Crippen LogP contribution in [-0.2, 0) is 16.6 Å². The van der Waals surface area contributed by atoms with Crippen molar-refractivity contribution < 1.29 is 26.7 Å². The lowest BCUT2D eigenvalue weighted by atomic mass is 10.1. The summed E-state index contributed by atoms with van der Waals surface area (Å²) in [5, 5.41) is 15.1. The van der Waals surface area contributed by atoms with E-state index in [2.05, 4.69) is 14.8 Å². The summed E-state index contributed by atoms with van der Waals surface area (Å²) in [5.74, 6) is 0. The Kier molecular flexibility index (Phi) is 6.34. The van der Waals surface area contributed by atoms with E-state index in [4.69, 9.17) is 0 Å². The van der Waals surface area contributed by atoms with Crippen LogP contribution in [-0.4, -0.2) is 34.5 Å². The summed E-state index contributed by atoms with van der Waals surface area (Å²) >= 11 is 0.876. The quantitative estimate of drug-likeness (QED) is 0.404. The highest BCUT2D eigenvalue weighted by atomic mass is 32.2. The Hall–Kier alpha value is -3.06. The topological polar surface area (TPSA) is 97.1 Å². The Balaban J connectivity index is 1.67. The first-order valence-electron chi connectivity index (χ1n) is 9.54. The smallest absolute Gasteiger partial charge is 0.378 e. The molecule has 12 heteroatoms. The van der Waals surface area contributed by atoms with Crippen LogP contribution in [0.1, 0.15) is 17.4 Å². The number of thiazole rings is 1. The molecule has 0 fully saturated rings. The lowest BCUT2D eigenvalue weighted by Gasteiger charge is -2.11. The van der Waals surface area contributed by atoms with Gasteiger partial charge in [-0.1, -0.05) is 48.5 Å². The number of rotatable bonds is 7. The van der Waals surface area contributed by atoms with Crippen LogP contribution in [0, 0.1) is 0 Å². The van der Waals surface area contributed by atoms with Gasteiger partial charge in [0.15, 0.2) is 6.10 Å². The maximum absolute atomic E-state index is 12.8. The van der Waals surface area contributed by atoms with Crippen LogP contribution in [0.3, 0.4) is 0 Å². The van der Waals surface area contributed by atoms with Gasteiger partial charge in [0.25, 0.3) is 0 Å². The molecule has 0 spiro atoms. The number of nitrogens with zero attached hydrogens (tertiary/aromatic N) is 3. The molecule has 0 aliphatic heterocycles. The van der Waals surface area contributed by atoms with Gasteiger partial charge in [0.2, 0.25) is 15.2 Å². The van der Waals surface area contributed by atoms with Gasteiger partial charge in [0.1, 0.15) is 0 Å². The number of aliphatic hydroxyl groups excluding tert-OH is 1. The predicted octanol–water partition coefficient (Wildman–Crippen LogP) is 4.07. The number of sulfonamides is 1. The normalized spacial score (nSPS) is 13.2. The van der Waals surface area contributed by atoms with Crippen LogP contribution in [0.2, 0.25) is 0 Å². The van der Waals surface area contributed by atoms with Crippen LogP contribution >= 0.6 is 11.3 Å².